The maximum absolute atomic E-state index is 13.1. The van der Waals surface area contributed by atoms with Crippen LogP contribution < -0.4 is 9.47 Å². The van der Waals surface area contributed by atoms with Crippen LogP contribution in [0.1, 0.15) is 31.1 Å². The minimum Gasteiger partial charge on any atom is -0.454 e. The second-order valence-corrected chi connectivity index (χ2v) is 7.60. The molecule has 0 bridgehead atoms. The number of carbonyl (C=O) groups is 1. The number of benzene rings is 2. The summed E-state index contributed by atoms with van der Waals surface area (Å²) in [6, 6.07) is 17.4. The van der Waals surface area contributed by atoms with E-state index in [2.05, 4.69) is 4.98 Å². The van der Waals surface area contributed by atoms with E-state index in [0.717, 1.165) is 46.5 Å². The summed E-state index contributed by atoms with van der Waals surface area (Å²) in [5.41, 5.74) is 4.08. The Bertz CT molecular complexity index is 1080. The van der Waals surface area contributed by atoms with E-state index in [0.29, 0.717) is 12.2 Å². The number of rotatable bonds is 6. The molecule has 1 aliphatic carbocycles. The lowest BCUT2D eigenvalue weighted by Crippen LogP contribution is -2.22. The first kappa shape index (κ1) is 17.9. The van der Waals surface area contributed by atoms with Crippen molar-refractivity contribution in [2.75, 3.05) is 6.79 Å². The summed E-state index contributed by atoms with van der Waals surface area (Å²) in [6.07, 6.45) is 3.79. The standard InChI is InChI=1S/C24H21NO4.H2/c26-14-17-3-1-2-4-20(17)16-5-7-19(25-13-16)12-23(27)24(9-10-24)18-6-8-21-22(11-18)29-15-28-21;/h1-8,11,13,26H,9-10,12,14-15H2;1H. The fourth-order valence-electron chi connectivity index (χ4n) is 4.01. The van der Waals surface area contributed by atoms with E-state index in [1.54, 1.807) is 6.20 Å². The van der Waals surface area contributed by atoms with Gasteiger partial charge in [-0.2, -0.15) is 0 Å². The number of hydrogen-bond donors (Lipinski definition) is 1. The molecule has 29 heavy (non-hydrogen) atoms. The van der Waals surface area contributed by atoms with Crippen LogP contribution >= 0.6 is 0 Å². The van der Waals surface area contributed by atoms with Crippen molar-refractivity contribution in [2.45, 2.75) is 31.3 Å². The van der Waals surface area contributed by atoms with E-state index in [1.165, 1.54) is 0 Å². The summed E-state index contributed by atoms with van der Waals surface area (Å²) in [4.78, 5) is 17.6. The van der Waals surface area contributed by atoms with E-state index < -0.39 is 5.41 Å². The molecule has 148 valence electrons. The second-order valence-electron chi connectivity index (χ2n) is 7.60. The number of aliphatic hydroxyl groups excluding tert-OH is 1. The number of carbonyl (C=O) groups excluding carboxylic acids is 1. The van der Waals surface area contributed by atoms with Gasteiger partial charge in [0.05, 0.1) is 12.0 Å². The van der Waals surface area contributed by atoms with Gasteiger partial charge in [-0.3, -0.25) is 9.78 Å². The van der Waals surface area contributed by atoms with Crippen LogP contribution in [0.4, 0.5) is 0 Å². The molecular formula is C24H23NO4. The third kappa shape index (κ3) is 3.17. The normalized spacial score (nSPS) is 15.9. The number of hydrogen-bond acceptors (Lipinski definition) is 5. The molecule has 1 N–H and O–H groups in total. The Morgan fingerprint density at radius 3 is 2.66 bits per heavy atom. The van der Waals surface area contributed by atoms with Gasteiger partial charge in [-0.15, -0.1) is 0 Å². The number of pyridine rings is 1. The molecule has 1 aromatic heterocycles. The van der Waals surface area contributed by atoms with E-state index in [9.17, 15) is 9.90 Å². The zero-order valence-corrected chi connectivity index (χ0v) is 15.9. The van der Waals surface area contributed by atoms with Crippen LogP contribution in [0.5, 0.6) is 11.5 Å². The summed E-state index contributed by atoms with van der Waals surface area (Å²) < 4.78 is 10.8. The Morgan fingerprint density at radius 2 is 1.90 bits per heavy atom. The predicted octanol–water partition coefficient (Wildman–Crippen LogP) is 4.06. The lowest BCUT2D eigenvalue weighted by molar-refractivity contribution is -0.120. The molecule has 5 nitrogen and oxygen atoms in total. The van der Waals surface area contributed by atoms with Gasteiger partial charge in [-0.05, 0) is 47.7 Å². The van der Waals surface area contributed by atoms with Gasteiger partial charge in [-0.1, -0.05) is 36.4 Å². The summed E-state index contributed by atoms with van der Waals surface area (Å²) in [7, 11) is 0. The zero-order chi connectivity index (χ0) is 19.8. The molecule has 1 saturated carbocycles. The molecule has 0 unspecified atom stereocenters. The van der Waals surface area contributed by atoms with Gasteiger partial charge in [0.15, 0.2) is 11.5 Å². The molecule has 2 heterocycles. The first-order chi connectivity index (χ1) is 14.2. The van der Waals surface area contributed by atoms with Crippen molar-refractivity contribution in [1.82, 2.24) is 4.98 Å². The van der Waals surface area contributed by atoms with Gasteiger partial charge in [0.1, 0.15) is 5.78 Å². The third-order valence-corrected chi connectivity index (χ3v) is 5.87. The molecule has 5 heteroatoms. The number of fused-ring (bicyclic) bond motifs is 1. The average molecular weight is 389 g/mol. The lowest BCUT2D eigenvalue weighted by atomic mass is 9.88. The molecule has 0 atom stereocenters. The van der Waals surface area contributed by atoms with Crippen molar-refractivity contribution in [3.8, 4) is 22.6 Å². The minimum atomic E-state index is -0.426. The largest absolute Gasteiger partial charge is 0.454 e. The first-order valence-corrected chi connectivity index (χ1v) is 9.77. The van der Waals surface area contributed by atoms with Crippen molar-refractivity contribution in [1.29, 1.82) is 0 Å². The summed E-state index contributed by atoms with van der Waals surface area (Å²) >= 11 is 0. The minimum absolute atomic E-state index is 0. The fourth-order valence-corrected chi connectivity index (χ4v) is 4.01. The van der Waals surface area contributed by atoms with Crippen molar-refractivity contribution in [3.05, 3.63) is 77.6 Å². The van der Waals surface area contributed by atoms with Crippen LogP contribution in [0.15, 0.2) is 60.8 Å². The highest BCUT2D eigenvalue weighted by atomic mass is 16.7. The summed E-state index contributed by atoms with van der Waals surface area (Å²) in [5, 5.41) is 9.53. The van der Waals surface area contributed by atoms with E-state index in [1.807, 2.05) is 54.6 Å². The Labute approximate surface area is 170 Å². The zero-order valence-electron chi connectivity index (χ0n) is 15.9. The molecule has 1 fully saturated rings. The number of ether oxygens (including phenoxy) is 2. The number of ketones is 1. The Kier molecular flexibility index (Phi) is 4.32. The second kappa shape index (κ2) is 7.01. The van der Waals surface area contributed by atoms with Gasteiger partial charge in [-0.25, -0.2) is 0 Å². The molecule has 3 aromatic rings. The smallest absolute Gasteiger partial charge is 0.231 e. The summed E-state index contributed by atoms with van der Waals surface area (Å²) in [6.45, 7) is 0.212. The quantitative estimate of drug-likeness (QED) is 0.689. The average Bonchev–Trinajstić information content (AvgIpc) is 3.45. The highest BCUT2D eigenvalue weighted by Gasteiger charge is 2.50. The SMILES string of the molecule is O=C(Cc1ccc(-c2ccccc2CO)cn1)C1(c2ccc3c(c2)OCO3)CC1.[HH]. The Balaban J connectivity index is 0.00000218. The number of nitrogens with zero attached hydrogens (tertiary/aromatic N) is 1. The molecule has 0 radical (unpaired) electrons. The van der Waals surface area contributed by atoms with E-state index >= 15 is 0 Å². The van der Waals surface area contributed by atoms with Gasteiger partial charge < -0.3 is 14.6 Å². The van der Waals surface area contributed by atoms with Crippen LogP contribution in [0.25, 0.3) is 11.1 Å². The molecular weight excluding hydrogens is 366 g/mol. The highest BCUT2D eigenvalue weighted by Crippen LogP contribution is 2.51. The van der Waals surface area contributed by atoms with Gasteiger partial charge >= 0.3 is 0 Å². The van der Waals surface area contributed by atoms with Crippen LogP contribution in [0, 0.1) is 0 Å². The van der Waals surface area contributed by atoms with Crippen LogP contribution in [0.3, 0.4) is 0 Å². The maximum atomic E-state index is 13.1. The first-order valence-electron chi connectivity index (χ1n) is 9.77. The van der Waals surface area contributed by atoms with Gasteiger partial charge in [0.2, 0.25) is 6.79 Å². The van der Waals surface area contributed by atoms with Gasteiger partial charge in [0.25, 0.3) is 0 Å². The van der Waals surface area contributed by atoms with Crippen molar-refractivity contribution >= 4 is 5.78 Å². The van der Waals surface area contributed by atoms with E-state index in [4.69, 9.17) is 9.47 Å². The topological polar surface area (TPSA) is 68.7 Å². The van der Waals surface area contributed by atoms with Crippen molar-refractivity contribution in [2.24, 2.45) is 0 Å². The lowest BCUT2D eigenvalue weighted by Gasteiger charge is -2.15. The van der Waals surface area contributed by atoms with Crippen molar-refractivity contribution < 1.29 is 20.8 Å². The third-order valence-electron chi connectivity index (χ3n) is 5.87. The fraction of sp³-hybridized carbons (Fsp3) is 0.250. The Hall–Kier alpha value is -3.18. The highest BCUT2D eigenvalue weighted by molar-refractivity contribution is 5.94. The Morgan fingerprint density at radius 1 is 1.07 bits per heavy atom. The maximum Gasteiger partial charge on any atom is 0.231 e. The number of aromatic nitrogens is 1. The van der Waals surface area contributed by atoms with Crippen LogP contribution in [-0.4, -0.2) is 22.7 Å². The molecule has 1 aliphatic heterocycles. The monoisotopic (exact) mass is 389 g/mol. The van der Waals surface area contributed by atoms with Gasteiger partial charge in [0, 0.05) is 25.3 Å². The number of aliphatic hydroxyl groups is 1. The molecule has 2 aliphatic rings. The predicted molar refractivity (Wildman–Crippen MR) is 110 cm³/mol. The van der Waals surface area contributed by atoms with Crippen LogP contribution in [0.2, 0.25) is 0 Å². The van der Waals surface area contributed by atoms with Crippen LogP contribution in [-0.2, 0) is 23.2 Å². The molecule has 0 amide bonds. The number of Topliss-reactive ketones (excluding diaryl/α,β-unsaturated/α-hetero) is 1. The molecule has 0 spiro atoms. The summed E-state index contributed by atoms with van der Waals surface area (Å²) in [5.74, 6) is 1.64. The molecule has 2 aromatic carbocycles. The molecule has 5 rings (SSSR count). The van der Waals surface area contributed by atoms with E-state index in [-0.39, 0.29) is 20.6 Å². The van der Waals surface area contributed by atoms with Crippen molar-refractivity contribution in [3.63, 3.8) is 0 Å². The molecule has 0 saturated heterocycles.